The van der Waals surface area contributed by atoms with Gasteiger partial charge in [-0.25, -0.2) is 4.39 Å². The zero-order valence-electron chi connectivity index (χ0n) is 15.1. The first-order valence-electron chi connectivity index (χ1n) is 8.83. The summed E-state index contributed by atoms with van der Waals surface area (Å²) in [7, 11) is 0. The molecule has 0 atom stereocenters. The van der Waals surface area contributed by atoms with Crippen LogP contribution in [0.25, 0.3) is 0 Å². The number of hydrogen-bond acceptors (Lipinski definition) is 3. The monoisotopic (exact) mass is 413 g/mol. The number of nitrogens with zero attached hydrogens (tertiary/aromatic N) is 2. The van der Waals surface area contributed by atoms with Gasteiger partial charge in [-0.05, 0) is 55.1 Å². The summed E-state index contributed by atoms with van der Waals surface area (Å²) in [6, 6.07) is 12.1. The molecule has 1 aromatic heterocycles. The van der Waals surface area contributed by atoms with Crippen LogP contribution in [0.1, 0.15) is 24.1 Å². The van der Waals surface area contributed by atoms with Crippen LogP contribution in [0.15, 0.2) is 48.7 Å². The van der Waals surface area contributed by atoms with E-state index in [1.807, 2.05) is 23.1 Å². The largest absolute Gasteiger partial charge is 0.337 e. The van der Waals surface area contributed by atoms with Gasteiger partial charge < -0.3 is 10.2 Å². The topological polar surface area (TPSA) is 45.2 Å². The molecule has 1 aliphatic carbocycles. The van der Waals surface area contributed by atoms with Crippen molar-refractivity contribution in [2.24, 2.45) is 5.92 Å². The highest BCUT2D eigenvalue weighted by Crippen LogP contribution is 2.27. The molecular formula is C20H26Cl2FN3O. The van der Waals surface area contributed by atoms with E-state index in [-0.39, 0.29) is 36.5 Å². The fourth-order valence-corrected chi connectivity index (χ4v) is 2.71. The third kappa shape index (κ3) is 8.24. The van der Waals surface area contributed by atoms with E-state index in [2.05, 4.69) is 10.3 Å². The Morgan fingerprint density at radius 3 is 2.52 bits per heavy atom. The summed E-state index contributed by atoms with van der Waals surface area (Å²) >= 11 is 0. The molecule has 0 unspecified atom stereocenters. The lowest BCUT2D eigenvalue weighted by atomic mass is 10.2. The zero-order chi connectivity index (χ0) is 17.5. The predicted molar refractivity (Wildman–Crippen MR) is 110 cm³/mol. The van der Waals surface area contributed by atoms with Crippen LogP contribution < -0.4 is 5.32 Å². The number of amides is 1. The Kier molecular flexibility index (Phi) is 10.3. The van der Waals surface area contributed by atoms with Gasteiger partial charge in [0.1, 0.15) is 5.82 Å². The van der Waals surface area contributed by atoms with Crippen LogP contribution in [0.5, 0.6) is 0 Å². The second-order valence-corrected chi connectivity index (χ2v) is 6.59. The van der Waals surface area contributed by atoms with E-state index < -0.39 is 0 Å². The maximum Gasteiger partial charge on any atom is 0.236 e. The highest BCUT2D eigenvalue weighted by atomic mass is 35.5. The van der Waals surface area contributed by atoms with Gasteiger partial charge in [0, 0.05) is 31.4 Å². The van der Waals surface area contributed by atoms with E-state index in [1.54, 1.807) is 18.3 Å². The molecule has 7 heteroatoms. The summed E-state index contributed by atoms with van der Waals surface area (Å²) in [5, 5.41) is 3.25. The van der Waals surface area contributed by atoms with Gasteiger partial charge in [-0.3, -0.25) is 9.78 Å². The van der Waals surface area contributed by atoms with Crippen LogP contribution in [-0.4, -0.2) is 35.4 Å². The van der Waals surface area contributed by atoms with Gasteiger partial charge in [-0.15, -0.1) is 24.8 Å². The number of pyridine rings is 1. The lowest BCUT2D eigenvalue weighted by Gasteiger charge is -2.23. The summed E-state index contributed by atoms with van der Waals surface area (Å²) in [6.07, 6.45) is 5.00. The lowest BCUT2D eigenvalue weighted by molar-refractivity contribution is -0.130. The summed E-state index contributed by atoms with van der Waals surface area (Å²) in [6.45, 7) is 2.34. The number of benzene rings is 1. The number of aromatic nitrogens is 1. The van der Waals surface area contributed by atoms with Crippen LogP contribution in [0.4, 0.5) is 4.39 Å². The number of nitrogens with one attached hydrogen (secondary N) is 1. The first-order valence-corrected chi connectivity index (χ1v) is 8.83. The van der Waals surface area contributed by atoms with Gasteiger partial charge in [0.15, 0.2) is 0 Å². The van der Waals surface area contributed by atoms with E-state index in [9.17, 15) is 9.18 Å². The maximum absolute atomic E-state index is 13.1. The smallest absolute Gasteiger partial charge is 0.236 e. The molecular weight excluding hydrogens is 388 g/mol. The van der Waals surface area contributed by atoms with Crippen molar-refractivity contribution < 1.29 is 9.18 Å². The highest BCUT2D eigenvalue weighted by Gasteiger charge is 2.21. The molecule has 2 aromatic rings. The first-order chi connectivity index (χ1) is 12.2. The van der Waals surface area contributed by atoms with E-state index in [1.165, 1.54) is 25.0 Å². The number of carbonyl (C=O) groups is 1. The Balaban J connectivity index is 0.00000182. The van der Waals surface area contributed by atoms with Gasteiger partial charge in [0.05, 0.1) is 6.54 Å². The highest BCUT2D eigenvalue weighted by molar-refractivity contribution is 5.85. The molecule has 1 saturated carbocycles. The Morgan fingerprint density at radius 1 is 1.15 bits per heavy atom. The molecule has 0 spiro atoms. The minimum Gasteiger partial charge on any atom is -0.337 e. The normalized spacial score (nSPS) is 12.6. The molecule has 1 N–H and O–H groups in total. The van der Waals surface area contributed by atoms with E-state index in [0.29, 0.717) is 26.1 Å². The molecule has 0 aliphatic heterocycles. The van der Waals surface area contributed by atoms with Crippen LogP contribution in [-0.2, 0) is 17.8 Å². The number of hydrogen-bond donors (Lipinski definition) is 1. The number of carbonyl (C=O) groups excluding carboxylic acids is 1. The quantitative estimate of drug-likeness (QED) is 0.682. The average molecular weight is 414 g/mol. The van der Waals surface area contributed by atoms with Crippen molar-refractivity contribution in [3.63, 3.8) is 0 Å². The van der Waals surface area contributed by atoms with Crippen molar-refractivity contribution in [2.45, 2.75) is 25.8 Å². The van der Waals surface area contributed by atoms with Crippen molar-refractivity contribution in [1.82, 2.24) is 15.2 Å². The zero-order valence-corrected chi connectivity index (χ0v) is 16.8. The van der Waals surface area contributed by atoms with Gasteiger partial charge in [-0.1, -0.05) is 18.2 Å². The van der Waals surface area contributed by atoms with Gasteiger partial charge >= 0.3 is 0 Å². The van der Waals surface area contributed by atoms with Crippen LogP contribution in [0.3, 0.4) is 0 Å². The third-order valence-electron chi connectivity index (χ3n) is 4.41. The molecule has 0 saturated heterocycles. The SMILES string of the molecule is Cl.Cl.O=C(CNCC1CC1)N(CCc1ccccn1)Cc1ccc(F)cc1. The molecule has 1 fully saturated rings. The number of halogens is 3. The molecule has 3 rings (SSSR count). The molecule has 0 bridgehead atoms. The van der Waals surface area contributed by atoms with E-state index >= 15 is 0 Å². The molecule has 1 amide bonds. The lowest BCUT2D eigenvalue weighted by Crippen LogP contribution is -2.39. The molecule has 1 aliphatic rings. The standard InChI is InChI=1S/C20H24FN3O.2ClH/c21-18-8-6-17(7-9-18)15-24(12-10-19-3-1-2-11-23-19)20(25)14-22-13-16-4-5-16;;/h1-3,6-9,11,16,22H,4-5,10,12-15H2;2*1H. The van der Waals surface area contributed by atoms with E-state index in [4.69, 9.17) is 0 Å². The summed E-state index contributed by atoms with van der Waals surface area (Å²) in [4.78, 5) is 18.7. The van der Waals surface area contributed by atoms with Gasteiger partial charge in [-0.2, -0.15) is 0 Å². The number of rotatable bonds is 9. The van der Waals surface area contributed by atoms with Gasteiger partial charge in [0.25, 0.3) is 0 Å². The van der Waals surface area contributed by atoms with Crippen molar-refractivity contribution in [3.8, 4) is 0 Å². The van der Waals surface area contributed by atoms with Crippen molar-refractivity contribution in [3.05, 3.63) is 65.7 Å². The Hall–Kier alpha value is -1.69. The summed E-state index contributed by atoms with van der Waals surface area (Å²) in [5.74, 6) is 0.550. The van der Waals surface area contributed by atoms with Crippen LogP contribution in [0.2, 0.25) is 0 Å². The van der Waals surface area contributed by atoms with Crippen molar-refractivity contribution >= 4 is 30.7 Å². The van der Waals surface area contributed by atoms with Crippen molar-refractivity contribution in [1.29, 1.82) is 0 Å². The average Bonchev–Trinajstić information content (AvgIpc) is 3.45. The molecule has 1 heterocycles. The third-order valence-corrected chi connectivity index (χ3v) is 4.41. The predicted octanol–water partition coefficient (Wildman–Crippen LogP) is 3.64. The molecule has 148 valence electrons. The minimum absolute atomic E-state index is 0. The minimum atomic E-state index is -0.263. The Morgan fingerprint density at radius 2 is 1.89 bits per heavy atom. The van der Waals surface area contributed by atoms with Crippen molar-refractivity contribution in [2.75, 3.05) is 19.6 Å². The molecule has 27 heavy (non-hydrogen) atoms. The van der Waals surface area contributed by atoms with Crippen LogP contribution in [0, 0.1) is 11.7 Å². The Bertz CT molecular complexity index is 681. The maximum atomic E-state index is 13.1. The second kappa shape index (κ2) is 11.9. The Labute approximate surface area is 172 Å². The molecule has 4 nitrogen and oxygen atoms in total. The van der Waals surface area contributed by atoms with E-state index in [0.717, 1.165) is 23.7 Å². The summed E-state index contributed by atoms with van der Waals surface area (Å²) in [5.41, 5.74) is 1.89. The first kappa shape index (κ1) is 23.3. The fourth-order valence-electron chi connectivity index (χ4n) is 2.71. The molecule has 1 aromatic carbocycles. The summed E-state index contributed by atoms with van der Waals surface area (Å²) < 4.78 is 13.1. The van der Waals surface area contributed by atoms with Crippen LogP contribution >= 0.6 is 24.8 Å². The molecule has 0 radical (unpaired) electrons. The fraction of sp³-hybridized carbons (Fsp3) is 0.400. The second-order valence-electron chi connectivity index (χ2n) is 6.59. The van der Waals surface area contributed by atoms with Gasteiger partial charge in [0.2, 0.25) is 5.91 Å².